The molecule has 2 aliphatic carbocycles. The number of hydrogen-bond donors (Lipinski definition) is 1. The van der Waals surface area contributed by atoms with Crippen LogP contribution in [0.25, 0.3) is 0 Å². The number of alkyl halides is 1. The second-order valence-corrected chi connectivity index (χ2v) is 9.46. The minimum atomic E-state index is -0.897. The molecule has 3 aliphatic rings. The van der Waals surface area contributed by atoms with Gasteiger partial charge in [0.05, 0.1) is 6.10 Å². The Balaban J connectivity index is 1.25. The van der Waals surface area contributed by atoms with Crippen molar-refractivity contribution in [2.45, 2.75) is 63.9 Å². The Morgan fingerprint density at radius 1 is 1.22 bits per heavy atom. The lowest BCUT2D eigenvalue weighted by Crippen LogP contribution is -2.48. The first-order valence-corrected chi connectivity index (χ1v) is 12.0. The summed E-state index contributed by atoms with van der Waals surface area (Å²) in [4.78, 5) is 17.3. The summed E-state index contributed by atoms with van der Waals surface area (Å²) in [5, 5.41) is 3.48. The number of benzene rings is 1. The fourth-order valence-corrected chi connectivity index (χ4v) is 4.92. The third-order valence-electron chi connectivity index (χ3n) is 6.85. The van der Waals surface area contributed by atoms with Crippen molar-refractivity contribution in [2.75, 3.05) is 31.6 Å². The lowest BCUT2D eigenvalue weighted by Gasteiger charge is -2.32. The summed E-state index contributed by atoms with van der Waals surface area (Å²) in [6.07, 6.45) is 8.08. The second kappa shape index (κ2) is 10.6. The molecular formula is C26H36FN3O2. The van der Waals surface area contributed by atoms with Gasteiger partial charge in [-0.2, -0.15) is 0 Å². The number of allylic oxidation sites excluding steroid dienone is 3. The fraction of sp³-hybridized carbons (Fsp3) is 0.577. The molecule has 0 spiro atoms. The Labute approximate surface area is 191 Å². The number of rotatable bonds is 6. The molecule has 32 heavy (non-hydrogen) atoms. The highest BCUT2D eigenvalue weighted by molar-refractivity contribution is 5.94. The summed E-state index contributed by atoms with van der Waals surface area (Å²) in [6, 6.07) is 8.94. The van der Waals surface area contributed by atoms with Crippen LogP contribution in [0.2, 0.25) is 0 Å². The van der Waals surface area contributed by atoms with Crippen LogP contribution in [0.3, 0.4) is 0 Å². The van der Waals surface area contributed by atoms with Gasteiger partial charge >= 0.3 is 0 Å². The van der Waals surface area contributed by atoms with Crippen molar-refractivity contribution >= 4 is 11.6 Å². The van der Waals surface area contributed by atoms with E-state index in [4.69, 9.17) is 4.74 Å². The van der Waals surface area contributed by atoms with Gasteiger partial charge in [-0.1, -0.05) is 12.1 Å². The number of nitrogens with one attached hydrogen (secondary N) is 1. The average molecular weight is 442 g/mol. The van der Waals surface area contributed by atoms with Crippen LogP contribution in [0.4, 0.5) is 10.1 Å². The Hall–Kier alpha value is -2.18. The third-order valence-corrected chi connectivity index (χ3v) is 6.85. The van der Waals surface area contributed by atoms with Crippen LogP contribution in [0.1, 0.15) is 44.6 Å². The number of nitrogens with zero attached hydrogens (tertiary/aromatic N) is 2. The molecular weight excluding hydrogens is 405 g/mol. The number of carbonyl (C=O) groups is 1. The molecule has 1 heterocycles. The summed E-state index contributed by atoms with van der Waals surface area (Å²) in [5.41, 5.74) is 2.23. The van der Waals surface area contributed by atoms with Crippen LogP contribution >= 0.6 is 0 Å². The van der Waals surface area contributed by atoms with Gasteiger partial charge in [0.2, 0.25) is 5.91 Å². The van der Waals surface area contributed by atoms with E-state index in [1.807, 2.05) is 13.1 Å². The number of halogens is 1. The van der Waals surface area contributed by atoms with Crippen molar-refractivity contribution in [3.8, 4) is 0 Å². The molecule has 6 heteroatoms. The van der Waals surface area contributed by atoms with Gasteiger partial charge in [-0.3, -0.25) is 9.69 Å². The van der Waals surface area contributed by atoms with Crippen molar-refractivity contribution in [1.82, 2.24) is 10.2 Å². The molecule has 4 rings (SSSR count). The smallest absolute Gasteiger partial charge is 0.229 e. The van der Waals surface area contributed by atoms with Gasteiger partial charge in [0.25, 0.3) is 0 Å². The number of carbonyl (C=O) groups excluding carboxylic acids is 1. The monoisotopic (exact) mass is 441 g/mol. The van der Waals surface area contributed by atoms with Gasteiger partial charge in [0.15, 0.2) is 0 Å². The summed E-state index contributed by atoms with van der Waals surface area (Å²) >= 11 is 0. The maximum absolute atomic E-state index is 13.2. The molecule has 1 aliphatic heterocycles. The van der Waals surface area contributed by atoms with Crippen LogP contribution in [0, 0.1) is 5.92 Å². The van der Waals surface area contributed by atoms with Crippen LogP contribution < -0.4 is 10.2 Å². The Kier molecular flexibility index (Phi) is 7.63. The normalized spacial score (nSPS) is 28.8. The van der Waals surface area contributed by atoms with E-state index in [1.165, 1.54) is 5.56 Å². The summed E-state index contributed by atoms with van der Waals surface area (Å²) < 4.78 is 19.2. The molecule has 2 atom stereocenters. The lowest BCUT2D eigenvalue weighted by atomic mass is 9.86. The first-order valence-electron chi connectivity index (χ1n) is 12.0. The topological polar surface area (TPSA) is 44.8 Å². The molecule has 0 radical (unpaired) electrons. The second-order valence-electron chi connectivity index (χ2n) is 9.46. The van der Waals surface area contributed by atoms with Crippen molar-refractivity contribution < 1.29 is 13.9 Å². The van der Waals surface area contributed by atoms with E-state index in [2.05, 4.69) is 41.4 Å². The molecule has 1 saturated carbocycles. The van der Waals surface area contributed by atoms with E-state index >= 15 is 0 Å². The number of anilines is 1. The van der Waals surface area contributed by atoms with E-state index in [0.717, 1.165) is 63.3 Å². The minimum absolute atomic E-state index is 0.0352. The fourth-order valence-electron chi connectivity index (χ4n) is 4.92. The van der Waals surface area contributed by atoms with E-state index in [9.17, 15) is 9.18 Å². The zero-order chi connectivity index (χ0) is 22.5. The molecule has 174 valence electrons. The maximum atomic E-state index is 13.2. The molecule has 1 saturated heterocycles. The molecule has 5 nitrogen and oxygen atoms in total. The zero-order valence-electron chi connectivity index (χ0n) is 19.3. The summed E-state index contributed by atoms with van der Waals surface area (Å²) in [5.74, 6) is 0.985. The predicted octanol–water partition coefficient (Wildman–Crippen LogP) is 4.20. The summed E-state index contributed by atoms with van der Waals surface area (Å²) in [6.45, 7) is 6.35. The van der Waals surface area contributed by atoms with E-state index in [-0.39, 0.29) is 17.9 Å². The molecule has 1 amide bonds. The lowest BCUT2D eigenvalue weighted by molar-refractivity contribution is -0.123. The molecule has 1 unspecified atom stereocenters. The molecule has 0 bridgehead atoms. The SMILES string of the molecule is C[C@H]1CN(Cc2ccc(N(C)C(=O)[C@H]3CC[C@H](OC4=CCC(F)C=C4)CC3)cc2)CCN1. The van der Waals surface area contributed by atoms with Gasteiger partial charge in [0.1, 0.15) is 11.9 Å². The van der Waals surface area contributed by atoms with Gasteiger partial charge < -0.3 is 15.0 Å². The molecule has 0 aromatic heterocycles. The maximum Gasteiger partial charge on any atom is 0.229 e. The molecule has 1 aromatic rings. The zero-order valence-corrected chi connectivity index (χ0v) is 19.3. The summed E-state index contributed by atoms with van der Waals surface area (Å²) in [7, 11) is 1.88. The van der Waals surface area contributed by atoms with Crippen molar-refractivity contribution in [2.24, 2.45) is 5.92 Å². The highest BCUT2D eigenvalue weighted by Crippen LogP contribution is 2.31. The molecule has 1 N–H and O–H groups in total. The van der Waals surface area contributed by atoms with Crippen molar-refractivity contribution in [1.29, 1.82) is 0 Å². The standard InChI is InChI=1S/C26H36FN3O2/c1-19-17-30(16-15-28-19)18-20-3-9-23(10-4-20)29(2)26(31)21-5-11-24(12-6-21)32-25-13-7-22(27)8-14-25/h3-4,7,9-10,13-14,19,21-22,24,28H,5-6,8,11-12,15-18H2,1-2H3/t19-,21-,22?,24-/m0/s1. The van der Waals surface area contributed by atoms with Gasteiger partial charge in [-0.25, -0.2) is 4.39 Å². The van der Waals surface area contributed by atoms with Crippen LogP contribution in [0.15, 0.2) is 48.3 Å². The van der Waals surface area contributed by atoms with Crippen molar-refractivity contribution in [3.63, 3.8) is 0 Å². The largest absolute Gasteiger partial charge is 0.491 e. The number of ether oxygens (including phenoxy) is 1. The third kappa shape index (κ3) is 5.99. The van der Waals surface area contributed by atoms with Crippen LogP contribution in [-0.2, 0) is 16.1 Å². The average Bonchev–Trinajstić information content (AvgIpc) is 2.81. The molecule has 2 fully saturated rings. The first kappa shape index (κ1) is 23.0. The van der Waals surface area contributed by atoms with Crippen LogP contribution in [0.5, 0.6) is 0 Å². The van der Waals surface area contributed by atoms with Gasteiger partial charge in [-0.05, 0) is 68.5 Å². The van der Waals surface area contributed by atoms with E-state index in [0.29, 0.717) is 12.5 Å². The van der Waals surface area contributed by atoms with Gasteiger partial charge in [-0.15, -0.1) is 0 Å². The highest BCUT2D eigenvalue weighted by Gasteiger charge is 2.30. The van der Waals surface area contributed by atoms with Crippen molar-refractivity contribution in [3.05, 3.63) is 53.8 Å². The highest BCUT2D eigenvalue weighted by atomic mass is 19.1. The van der Waals surface area contributed by atoms with Gasteiger partial charge in [0, 0.05) is 57.3 Å². The molecule has 1 aromatic carbocycles. The Morgan fingerprint density at radius 2 is 1.97 bits per heavy atom. The first-order chi connectivity index (χ1) is 15.5. The predicted molar refractivity (Wildman–Crippen MR) is 126 cm³/mol. The number of piperazine rings is 1. The Morgan fingerprint density at radius 3 is 2.62 bits per heavy atom. The number of amides is 1. The van der Waals surface area contributed by atoms with E-state index in [1.54, 1.807) is 17.1 Å². The number of hydrogen-bond acceptors (Lipinski definition) is 4. The Bertz CT molecular complexity index is 830. The minimum Gasteiger partial charge on any atom is -0.491 e. The quantitative estimate of drug-likeness (QED) is 0.719. The van der Waals surface area contributed by atoms with E-state index < -0.39 is 6.17 Å². The van der Waals surface area contributed by atoms with Crippen LogP contribution in [-0.4, -0.2) is 55.8 Å².